The molecule has 0 saturated heterocycles. The Morgan fingerprint density at radius 2 is 0.960 bits per heavy atom. The molecule has 3 aliphatic rings. The summed E-state index contributed by atoms with van der Waals surface area (Å²) in [4.78, 5) is 0. The quantitative estimate of drug-likeness (QED) is 0.316. The fraction of sp³-hybridized carbons (Fsp3) is 0.120. The summed E-state index contributed by atoms with van der Waals surface area (Å²) in [6, 6.07) is 29.7. The molecule has 25 heavy (non-hydrogen) atoms. The Hall–Kier alpha value is -2.86. The van der Waals surface area contributed by atoms with Crippen LogP contribution in [0.25, 0.3) is 10.8 Å². The number of benzene rings is 4. The molecule has 0 fully saturated rings. The van der Waals surface area contributed by atoms with Crippen LogP contribution in [0.5, 0.6) is 0 Å². The van der Waals surface area contributed by atoms with Gasteiger partial charge in [0.25, 0.3) is 0 Å². The van der Waals surface area contributed by atoms with E-state index in [2.05, 4.69) is 85.8 Å². The van der Waals surface area contributed by atoms with Gasteiger partial charge in [0.05, 0.1) is 0 Å². The molecule has 2 atom stereocenters. The van der Waals surface area contributed by atoms with E-state index in [-0.39, 0.29) is 0 Å². The molecule has 4 aromatic carbocycles. The van der Waals surface area contributed by atoms with Crippen molar-refractivity contribution in [3.63, 3.8) is 0 Å². The van der Waals surface area contributed by atoms with Gasteiger partial charge < -0.3 is 0 Å². The molecule has 0 saturated carbocycles. The summed E-state index contributed by atoms with van der Waals surface area (Å²) in [6.45, 7) is 2.20. The third-order valence-corrected chi connectivity index (χ3v) is 6.06. The van der Waals surface area contributed by atoms with Gasteiger partial charge in [-0.3, -0.25) is 0 Å². The standard InChI is InChI=1S/C25H18/c1-15-10-11-20-21(12-15)25-19-9-5-4-8-18(19)24(20)22-13-16-6-2-3-7-17(16)14-23(22)25/h2-14,24-25H,1H3. The number of hydrogen-bond acceptors (Lipinski definition) is 0. The van der Waals surface area contributed by atoms with Gasteiger partial charge in [0, 0.05) is 11.8 Å². The van der Waals surface area contributed by atoms with E-state index in [0.717, 1.165) is 0 Å². The van der Waals surface area contributed by atoms with Crippen molar-refractivity contribution >= 4 is 10.8 Å². The highest BCUT2D eigenvalue weighted by Gasteiger charge is 2.41. The van der Waals surface area contributed by atoms with Gasteiger partial charge in [-0.2, -0.15) is 0 Å². The van der Waals surface area contributed by atoms with Crippen molar-refractivity contribution in [2.45, 2.75) is 18.8 Å². The molecule has 118 valence electrons. The van der Waals surface area contributed by atoms with Crippen LogP contribution in [0.2, 0.25) is 0 Å². The van der Waals surface area contributed by atoms with E-state index in [9.17, 15) is 0 Å². The Morgan fingerprint density at radius 3 is 1.60 bits per heavy atom. The van der Waals surface area contributed by atoms with Crippen LogP contribution in [0.15, 0.2) is 78.9 Å². The van der Waals surface area contributed by atoms with Gasteiger partial charge in [0.1, 0.15) is 0 Å². The van der Waals surface area contributed by atoms with Crippen LogP contribution in [0.1, 0.15) is 50.8 Å². The number of aryl methyl sites for hydroxylation is 1. The van der Waals surface area contributed by atoms with Crippen molar-refractivity contribution in [3.05, 3.63) is 118 Å². The lowest BCUT2D eigenvalue weighted by Gasteiger charge is -2.42. The molecule has 0 heterocycles. The van der Waals surface area contributed by atoms with Gasteiger partial charge in [-0.15, -0.1) is 0 Å². The number of hydrogen-bond donors (Lipinski definition) is 0. The second-order valence-electron chi connectivity index (χ2n) is 7.46. The van der Waals surface area contributed by atoms with Crippen LogP contribution in [-0.4, -0.2) is 0 Å². The predicted octanol–water partition coefficient (Wildman–Crippen LogP) is 6.14. The Morgan fingerprint density at radius 1 is 0.480 bits per heavy atom. The maximum absolute atomic E-state index is 2.43. The van der Waals surface area contributed by atoms with E-state index < -0.39 is 0 Å². The van der Waals surface area contributed by atoms with Crippen LogP contribution in [-0.2, 0) is 0 Å². The molecule has 0 nitrogen and oxygen atoms in total. The topological polar surface area (TPSA) is 0 Å². The SMILES string of the molecule is Cc1ccc2c(c1)C1c3ccccc3C2c2cc3ccccc3cc21. The second kappa shape index (κ2) is 4.61. The Balaban J connectivity index is 1.75. The summed E-state index contributed by atoms with van der Waals surface area (Å²) in [5.74, 6) is 0.743. The van der Waals surface area contributed by atoms with Gasteiger partial charge >= 0.3 is 0 Å². The molecular formula is C25H18. The van der Waals surface area contributed by atoms with E-state index in [1.807, 2.05) is 0 Å². The molecule has 0 radical (unpaired) electrons. The molecule has 2 unspecified atom stereocenters. The zero-order valence-corrected chi connectivity index (χ0v) is 14.2. The van der Waals surface area contributed by atoms with Crippen molar-refractivity contribution in [1.29, 1.82) is 0 Å². The van der Waals surface area contributed by atoms with E-state index in [0.29, 0.717) is 11.8 Å². The van der Waals surface area contributed by atoms with Crippen LogP contribution in [0.4, 0.5) is 0 Å². The molecule has 0 N–H and O–H groups in total. The normalized spacial score (nSPS) is 19.4. The van der Waals surface area contributed by atoms with E-state index in [1.54, 1.807) is 0 Å². The molecule has 4 aromatic rings. The second-order valence-corrected chi connectivity index (χ2v) is 7.46. The third-order valence-electron chi connectivity index (χ3n) is 6.06. The highest BCUT2D eigenvalue weighted by Crippen LogP contribution is 2.56. The van der Waals surface area contributed by atoms with E-state index >= 15 is 0 Å². The first-order chi connectivity index (χ1) is 12.3. The molecule has 3 aliphatic carbocycles. The molecule has 0 heteroatoms. The zero-order chi connectivity index (χ0) is 16.5. The Labute approximate surface area is 147 Å². The third kappa shape index (κ3) is 1.67. The predicted molar refractivity (Wildman–Crippen MR) is 103 cm³/mol. The summed E-state index contributed by atoms with van der Waals surface area (Å²) >= 11 is 0. The first-order valence-corrected chi connectivity index (χ1v) is 9.03. The van der Waals surface area contributed by atoms with Gasteiger partial charge in [-0.1, -0.05) is 72.3 Å². The van der Waals surface area contributed by atoms with E-state index in [1.165, 1.54) is 49.7 Å². The number of rotatable bonds is 0. The van der Waals surface area contributed by atoms with Crippen molar-refractivity contribution < 1.29 is 0 Å². The summed E-state index contributed by atoms with van der Waals surface area (Å²) in [5.41, 5.74) is 10.3. The van der Waals surface area contributed by atoms with Crippen molar-refractivity contribution in [2.75, 3.05) is 0 Å². The monoisotopic (exact) mass is 318 g/mol. The molecule has 0 amide bonds. The fourth-order valence-corrected chi connectivity index (χ4v) is 5.02. The van der Waals surface area contributed by atoms with Crippen molar-refractivity contribution in [3.8, 4) is 0 Å². The summed E-state index contributed by atoms with van der Waals surface area (Å²) < 4.78 is 0. The summed E-state index contributed by atoms with van der Waals surface area (Å²) in [7, 11) is 0. The zero-order valence-electron chi connectivity index (χ0n) is 14.2. The first kappa shape index (κ1) is 13.4. The fourth-order valence-electron chi connectivity index (χ4n) is 5.02. The summed E-state index contributed by atoms with van der Waals surface area (Å²) in [6.07, 6.45) is 0. The lowest BCUT2D eigenvalue weighted by molar-refractivity contribution is 0.755. The lowest BCUT2D eigenvalue weighted by Crippen LogP contribution is -2.27. The molecule has 2 bridgehead atoms. The van der Waals surface area contributed by atoms with Crippen LogP contribution in [0.3, 0.4) is 0 Å². The smallest absolute Gasteiger partial charge is 0.0349 e. The minimum Gasteiger partial charge on any atom is -0.0619 e. The van der Waals surface area contributed by atoms with Crippen molar-refractivity contribution in [2.24, 2.45) is 0 Å². The van der Waals surface area contributed by atoms with Crippen molar-refractivity contribution in [1.82, 2.24) is 0 Å². The minimum absolute atomic E-state index is 0.371. The molecule has 7 rings (SSSR count). The largest absolute Gasteiger partial charge is 0.0619 e. The average molecular weight is 318 g/mol. The Kier molecular flexibility index (Phi) is 2.48. The minimum atomic E-state index is 0.371. The Bertz CT molecular complexity index is 1170. The van der Waals surface area contributed by atoms with E-state index in [4.69, 9.17) is 0 Å². The summed E-state index contributed by atoms with van der Waals surface area (Å²) in [5, 5.41) is 2.69. The molecular weight excluding hydrogens is 300 g/mol. The highest BCUT2D eigenvalue weighted by molar-refractivity contribution is 5.86. The lowest BCUT2D eigenvalue weighted by atomic mass is 9.60. The molecule has 0 spiro atoms. The van der Waals surface area contributed by atoms with Crippen LogP contribution < -0.4 is 0 Å². The van der Waals surface area contributed by atoms with Crippen LogP contribution in [0, 0.1) is 6.92 Å². The maximum Gasteiger partial charge on any atom is 0.0349 e. The highest BCUT2D eigenvalue weighted by atomic mass is 14.4. The van der Waals surface area contributed by atoms with Gasteiger partial charge in [-0.05, 0) is 63.2 Å². The van der Waals surface area contributed by atoms with Gasteiger partial charge in [0.2, 0.25) is 0 Å². The maximum atomic E-state index is 2.43. The van der Waals surface area contributed by atoms with Gasteiger partial charge in [-0.25, -0.2) is 0 Å². The molecule has 0 aliphatic heterocycles. The van der Waals surface area contributed by atoms with Crippen LogP contribution >= 0.6 is 0 Å². The molecule has 0 aromatic heterocycles. The average Bonchev–Trinajstić information content (AvgIpc) is 2.65. The number of fused-ring (bicyclic) bond motifs is 1. The van der Waals surface area contributed by atoms with Gasteiger partial charge in [0.15, 0.2) is 0 Å². The first-order valence-electron chi connectivity index (χ1n) is 9.03.